The summed E-state index contributed by atoms with van der Waals surface area (Å²) in [6, 6.07) is 2.22. The maximum Gasteiger partial charge on any atom is 0.328 e. The van der Waals surface area contributed by atoms with Gasteiger partial charge in [-0.15, -0.1) is 0 Å². The molecule has 1 aromatic heterocycles. The molecule has 11 heteroatoms. The average Bonchev–Trinajstić information content (AvgIpc) is 3.22. The monoisotopic (exact) mass is 490 g/mol. The molecule has 1 aromatic rings. The van der Waals surface area contributed by atoms with Gasteiger partial charge in [-0.2, -0.15) is 11.8 Å². The van der Waals surface area contributed by atoms with Crippen LogP contribution in [-0.2, 0) is 21.2 Å². The molecule has 4 heterocycles. The quantitative estimate of drug-likeness (QED) is 0.337. The Hall–Kier alpha value is -2.44. The van der Waals surface area contributed by atoms with Gasteiger partial charge < -0.3 is 4.90 Å². The van der Waals surface area contributed by atoms with Crippen LogP contribution in [0, 0.1) is 29.6 Å². The van der Waals surface area contributed by atoms with Gasteiger partial charge in [0, 0.05) is 66.8 Å². The lowest BCUT2D eigenvalue weighted by Gasteiger charge is -2.45. The summed E-state index contributed by atoms with van der Waals surface area (Å²) in [7, 11) is -3.82. The normalized spacial score (nSPS) is 20.5. The van der Waals surface area contributed by atoms with Crippen LogP contribution in [0.25, 0.3) is 0 Å². The van der Waals surface area contributed by atoms with Crippen molar-refractivity contribution in [3.05, 3.63) is 23.5 Å². The van der Waals surface area contributed by atoms with E-state index in [0.29, 0.717) is 11.5 Å². The predicted octanol–water partition coefficient (Wildman–Crippen LogP) is 0.373. The molecule has 0 aliphatic carbocycles. The molecule has 3 aliphatic rings. The van der Waals surface area contributed by atoms with Crippen molar-refractivity contribution in [1.29, 1.82) is 0 Å². The number of rotatable bonds is 6. The Morgan fingerprint density at radius 1 is 1.33 bits per heavy atom. The number of nitrogens with zero attached hydrogens (tertiary/aromatic N) is 3. The van der Waals surface area contributed by atoms with Gasteiger partial charge in [0.05, 0.1) is 6.54 Å². The van der Waals surface area contributed by atoms with E-state index in [9.17, 15) is 18.0 Å². The van der Waals surface area contributed by atoms with Crippen LogP contribution in [0.15, 0.2) is 12.3 Å². The van der Waals surface area contributed by atoms with E-state index in [2.05, 4.69) is 28.6 Å². The smallest absolute Gasteiger partial charge is 0.318 e. The zero-order valence-electron chi connectivity index (χ0n) is 18.5. The number of sulfone groups is 1. The SMILES string of the molecule is C[C@@](CCN1Cc2cc(C#CC#CC3CN(C4CSC4)C3)cn2C1=O)(C(=O)NO)S(C)(=O)=O. The summed E-state index contributed by atoms with van der Waals surface area (Å²) in [6.07, 6.45) is 2.43. The zero-order valence-corrected chi connectivity index (χ0v) is 20.1. The highest BCUT2D eigenvalue weighted by atomic mass is 32.2. The topological polar surface area (TPSA) is 112 Å². The predicted molar refractivity (Wildman–Crippen MR) is 124 cm³/mol. The van der Waals surface area contributed by atoms with Crippen molar-refractivity contribution in [3.8, 4) is 23.7 Å². The van der Waals surface area contributed by atoms with Crippen molar-refractivity contribution in [1.82, 2.24) is 19.8 Å². The first kappa shape index (κ1) is 23.7. The van der Waals surface area contributed by atoms with Crippen LogP contribution in [0.4, 0.5) is 4.79 Å². The highest BCUT2D eigenvalue weighted by Crippen LogP contribution is 2.29. The fraction of sp³-hybridized carbons (Fsp3) is 0.545. The number of likely N-dealkylation sites (tertiary alicyclic amines) is 1. The zero-order chi connectivity index (χ0) is 23.8. The van der Waals surface area contributed by atoms with E-state index in [1.165, 1.54) is 33.4 Å². The summed E-state index contributed by atoms with van der Waals surface area (Å²) >= 11 is 1.98. The van der Waals surface area contributed by atoms with E-state index < -0.39 is 20.5 Å². The molecule has 0 saturated carbocycles. The largest absolute Gasteiger partial charge is 0.328 e. The second-order valence-corrected chi connectivity index (χ2v) is 12.4. The number of hydrogen-bond donors (Lipinski definition) is 2. The summed E-state index contributed by atoms with van der Waals surface area (Å²) in [6.45, 7) is 3.59. The first-order valence-corrected chi connectivity index (χ1v) is 13.6. The Kier molecular flexibility index (Phi) is 6.52. The van der Waals surface area contributed by atoms with E-state index >= 15 is 0 Å². The van der Waals surface area contributed by atoms with Crippen molar-refractivity contribution < 1.29 is 23.2 Å². The second kappa shape index (κ2) is 9.07. The van der Waals surface area contributed by atoms with Gasteiger partial charge in [-0.3, -0.25) is 19.5 Å². The summed E-state index contributed by atoms with van der Waals surface area (Å²) in [4.78, 5) is 28.6. The summed E-state index contributed by atoms with van der Waals surface area (Å²) in [5.74, 6) is 13.8. The van der Waals surface area contributed by atoms with Gasteiger partial charge in [-0.1, -0.05) is 11.8 Å². The lowest BCUT2D eigenvalue weighted by Crippen LogP contribution is -2.56. The van der Waals surface area contributed by atoms with Crippen LogP contribution in [0.3, 0.4) is 0 Å². The van der Waals surface area contributed by atoms with Gasteiger partial charge in [0.1, 0.15) is 0 Å². The number of amides is 2. The molecular formula is C22H26N4O5S2. The molecule has 2 N–H and O–H groups in total. The minimum atomic E-state index is -3.82. The number of aromatic nitrogens is 1. The van der Waals surface area contributed by atoms with E-state index in [4.69, 9.17) is 5.21 Å². The van der Waals surface area contributed by atoms with E-state index in [1.54, 1.807) is 6.20 Å². The molecule has 2 amide bonds. The van der Waals surface area contributed by atoms with Crippen molar-refractivity contribution in [2.24, 2.45) is 5.92 Å². The van der Waals surface area contributed by atoms with Crippen molar-refractivity contribution in [3.63, 3.8) is 0 Å². The number of hydrogen-bond acceptors (Lipinski definition) is 7. The standard InChI is InChI=1S/C22H26N4O5S2/c1-22(20(27)23-29,33(2,30)31)7-8-24-13-18-9-16(12-26(18)21(24)28)5-3-4-6-17-10-25(11-17)19-14-32-15-19/h9,12,17,19,29H,7-8,10-11,13-15H2,1-2H3,(H,23,27)/t22-/m1/s1. The minimum absolute atomic E-state index is 0.0436. The Labute approximate surface area is 197 Å². The van der Waals surface area contributed by atoms with Crippen LogP contribution >= 0.6 is 11.8 Å². The molecule has 2 fully saturated rings. The Balaban J connectivity index is 1.32. The van der Waals surface area contributed by atoms with Crippen molar-refractivity contribution >= 4 is 33.5 Å². The van der Waals surface area contributed by atoms with Crippen LogP contribution in [0.5, 0.6) is 0 Å². The second-order valence-electron chi connectivity index (χ2n) is 8.85. The fourth-order valence-corrected chi connectivity index (χ4v) is 5.69. The third kappa shape index (κ3) is 4.64. The Morgan fingerprint density at radius 2 is 2.06 bits per heavy atom. The van der Waals surface area contributed by atoms with E-state index in [1.807, 2.05) is 17.8 Å². The number of carbonyl (C=O) groups excluding carboxylic acids is 2. The third-order valence-corrected chi connectivity index (χ3v) is 9.85. The van der Waals surface area contributed by atoms with Gasteiger partial charge in [0.15, 0.2) is 14.6 Å². The van der Waals surface area contributed by atoms with Gasteiger partial charge in [0.25, 0.3) is 5.91 Å². The Bertz CT molecular complexity index is 1190. The lowest BCUT2D eigenvalue weighted by molar-refractivity contribution is -0.131. The molecule has 3 aliphatic heterocycles. The highest BCUT2D eigenvalue weighted by Gasteiger charge is 2.44. The van der Waals surface area contributed by atoms with Crippen molar-refractivity contribution in [2.45, 2.75) is 30.7 Å². The van der Waals surface area contributed by atoms with Gasteiger partial charge in [0.2, 0.25) is 0 Å². The summed E-state index contributed by atoms with van der Waals surface area (Å²) in [5, 5.41) is 8.93. The number of nitrogens with one attached hydrogen (secondary N) is 1. The average molecular weight is 491 g/mol. The molecule has 0 radical (unpaired) electrons. The molecule has 9 nitrogen and oxygen atoms in total. The van der Waals surface area contributed by atoms with Crippen LogP contribution < -0.4 is 5.48 Å². The Morgan fingerprint density at radius 3 is 2.64 bits per heavy atom. The highest BCUT2D eigenvalue weighted by molar-refractivity contribution is 8.00. The number of fused-ring (bicyclic) bond motifs is 1. The molecule has 0 spiro atoms. The fourth-order valence-electron chi connectivity index (χ4n) is 3.98. The first-order valence-electron chi connectivity index (χ1n) is 10.6. The van der Waals surface area contributed by atoms with Crippen molar-refractivity contribution in [2.75, 3.05) is 37.4 Å². The van der Waals surface area contributed by atoms with Gasteiger partial charge in [-0.25, -0.2) is 18.7 Å². The molecule has 33 heavy (non-hydrogen) atoms. The first-order chi connectivity index (χ1) is 15.6. The van der Waals surface area contributed by atoms with E-state index in [-0.39, 0.29) is 25.5 Å². The molecule has 1 atom stereocenters. The maximum atomic E-state index is 12.7. The van der Waals surface area contributed by atoms with Crippen LogP contribution in [-0.4, -0.2) is 88.1 Å². The molecule has 0 bridgehead atoms. The number of carbonyl (C=O) groups is 2. The van der Waals surface area contributed by atoms with E-state index in [0.717, 1.165) is 31.1 Å². The summed E-state index contributed by atoms with van der Waals surface area (Å²) < 4.78 is 23.8. The lowest BCUT2D eigenvalue weighted by atomic mass is 9.99. The molecule has 4 rings (SSSR count). The third-order valence-electron chi connectivity index (χ3n) is 6.58. The summed E-state index contributed by atoms with van der Waals surface area (Å²) in [5.41, 5.74) is 2.84. The van der Waals surface area contributed by atoms with Crippen LogP contribution in [0.1, 0.15) is 24.6 Å². The van der Waals surface area contributed by atoms with Gasteiger partial charge in [-0.05, 0) is 31.3 Å². The maximum absolute atomic E-state index is 12.7. The number of thioether (sulfide) groups is 1. The molecular weight excluding hydrogens is 464 g/mol. The van der Waals surface area contributed by atoms with Crippen LogP contribution in [0.2, 0.25) is 0 Å². The molecule has 0 unspecified atom stereocenters. The molecule has 176 valence electrons. The van der Waals surface area contributed by atoms with Gasteiger partial charge >= 0.3 is 6.03 Å². The molecule has 0 aromatic carbocycles. The minimum Gasteiger partial charge on any atom is -0.318 e. The number of hydroxylamine groups is 1. The molecule has 2 saturated heterocycles.